The third kappa shape index (κ3) is 4.79. The van der Waals surface area contributed by atoms with Crippen molar-refractivity contribution in [2.45, 2.75) is 52.2 Å². The number of benzene rings is 1. The fourth-order valence-electron chi connectivity index (χ4n) is 2.28. The normalized spacial score (nSPS) is 12.7. The lowest BCUT2D eigenvalue weighted by Crippen LogP contribution is -2.51. The first-order chi connectivity index (χ1) is 10.6. The zero-order chi connectivity index (χ0) is 17.8. The Hall–Kier alpha value is -1.88. The standard InChI is InChI=1S/C17H23ClN2O3/c1-11(2)20(10-21)12(3)15(22)16(23)19-17(4,5)13-7-6-8-14(18)9-13/h6-12H,1-5H3,(H,19,23). The molecule has 0 aliphatic carbocycles. The van der Waals surface area contributed by atoms with Gasteiger partial charge in [0.2, 0.25) is 12.2 Å². The molecule has 1 N–H and O–H groups in total. The summed E-state index contributed by atoms with van der Waals surface area (Å²) in [6, 6.07) is 6.10. The maximum atomic E-state index is 12.3. The molecule has 1 atom stereocenters. The van der Waals surface area contributed by atoms with Crippen molar-refractivity contribution in [3.8, 4) is 0 Å². The summed E-state index contributed by atoms with van der Waals surface area (Å²) in [5.74, 6) is -1.38. The number of carbonyl (C=O) groups is 3. The van der Waals surface area contributed by atoms with Gasteiger partial charge in [0.05, 0.1) is 11.6 Å². The van der Waals surface area contributed by atoms with Crippen LogP contribution in [0.4, 0.5) is 0 Å². The lowest BCUT2D eigenvalue weighted by atomic mass is 9.94. The summed E-state index contributed by atoms with van der Waals surface area (Å²) >= 11 is 5.97. The van der Waals surface area contributed by atoms with Crippen molar-refractivity contribution in [2.24, 2.45) is 0 Å². The molecule has 0 radical (unpaired) electrons. The van der Waals surface area contributed by atoms with Crippen molar-refractivity contribution in [2.75, 3.05) is 0 Å². The molecule has 0 saturated carbocycles. The van der Waals surface area contributed by atoms with E-state index < -0.39 is 23.3 Å². The molecule has 0 bridgehead atoms. The van der Waals surface area contributed by atoms with Gasteiger partial charge in [0.15, 0.2) is 0 Å². The van der Waals surface area contributed by atoms with E-state index in [9.17, 15) is 14.4 Å². The Bertz CT molecular complexity index is 599. The first kappa shape index (κ1) is 19.2. The molecule has 126 valence electrons. The summed E-state index contributed by atoms with van der Waals surface area (Å²) < 4.78 is 0. The van der Waals surface area contributed by atoms with E-state index in [-0.39, 0.29) is 6.04 Å². The molecule has 0 spiro atoms. The van der Waals surface area contributed by atoms with Gasteiger partial charge >= 0.3 is 0 Å². The Labute approximate surface area is 142 Å². The van der Waals surface area contributed by atoms with Gasteiger partial charge in [-0.3, -0.25) is 14.4 Å². The number of hydrogen-bond donors (Lipinski definition) is 1. The summed E-state index contributed by atoms with van der Waals surface area (Å²) in [5.41, 5.74) is 0.0243. The molecular weight excluding hydrogens is 316 g/mol. The zero-order valence-electron chi connectivity index (χ0n) is 14.1. The van der Waals surface area contributed by atoms with Crippen LogP contribution in [0, 0.1) is 0 Å². The second kappa shape index (κ2) is 7.59. The van der Waals surface area contributed by atoms with Crippen LogP contribution in [0.1, 0.15) is 40.2 Å². The highest BCUT2D eigenvalue weighted by atomic mass is 35.5. The molecule has 2 amide bonds. The number of nitrogens with zero attached hydrogens (tertiary/aromatic N) is 1. The van der Waals surface area contributed by atoms with Gasteiger partial charge < -0.3 is 10.2 Å². The SMILES string of the molecule is CC(C)N(C=O)C(C)C(=O)C(=O)NC(C)(C)c1cccc(Cl)c1. The summed E-state index contributed by atoms with van der Waals surface area (Å²) in [6.07, 6.45) is 0.586. The highest BCUT2D eigenvalue weighted by Gasteiger charge is 2.31. The average Bonchev–Trinajstić information content (AvgIpc) is 2.46. The van der Waals surface area contributed by atoms with Gasteiger partial charge in [-0.2, -0.15) is 0 Å². The molecule has 5 nitrogen and oxygen atoms in total. The first-order valence-corrected chi connectivity index (χ1v) is 7.83. The quantitative estimate of drug-likeness (QED) is 0.613. The van der Waals surface area contributed by atoms with Gasteiger partial charge in [0.1, 0.15) is 0 Å². The van der Waals surface area contributed by atoms with Gasteiger partial charge in [0.25, 0.3) is 5.91 Å². The van der Waals surface area contributed by atoms with Crippen LogP contribution in [0.2, 0.25) is 5.02 Å². The predicted octanol–water partition coefficient (Wildman–Crippen LogP) is 2.52. The highest BCUT2D eigenvalue weighted by Crippen LogP contribution is 2.23. The van der Waals surface area contributed by atoms with Gasteiger partial charge in [-0.1, -0.05) is 23.7 Å². The number of hydrogen-bond acceptors (Lipinski definition) is 3. The second-order valence-corrected chi connectivity index (χ2v) is 6.71. The molecule has 1 rings (SSSR count). The third-order valence-electron chi connectivity index (χ3n) is 3.74. The van der Waals surface area contributed by atoms with Crippen molar-refractivity contribution in [1.82, 2.24) is 10.2 Å². The van der Waals surface area contributed by atoms with Gasteiger partial charge in [-0.15, -0.1) is 0 Å². The molecule has 0 heterocycles. The van der Waals surface area contributed by atoms with Crippen molar-refractivity contribution in [3.63, 3.8) is 0 Å². The topological polar surface area (TPSA) is 66.5 Å². The van der Waals surface area contributed by atoms with Gasteiger partial charge in [0, 0.05) is 11.1 Å². The maximum Gasteiger partial charge on any atom is 0.290 e. The lowest BCUT2D eigenvalue weighted by Gasteiger charge is -2.30. The van der Waals surface area contributed by atoms with Gasteiger partial charge in [-0.05, 0) is 52.3 Å². The molecule has 0 aliphatic heterocycles. The van der Waals surface area contributed by atoms with Crippen molar-refractivity contribution in [3.05, 3.63) is 34.9 Å². The molecule has 0 aliphatic rings. The zero-order valence-corrected chi connectivity index (χ0v) is 14.8. The number of nitrogens with one attached hydrogen (secondary N) is 1. The van der Waals surface area contributed by atoms with Crippen LogP contribution in [0.5, 0.6) is 0 Å². The van der Waals surface area contributed by atoms with E-state index in [0.29, 0.717) is 11.4 Å². The molecule has 1 aromatic carbocycles. The van der Waals surface area contributed by atoms with Crippen molar-refractivity contribution < 1.29 is 14.4 Å². The van der Waals surface area contributed by atoms with E-state index >= 15 is 0 Å². The van der Waals surface area contributed by atoms with Crippen LogP contribution < -0.4 is 5.32 Å². The fraction of sp³-hybridized carbons (Fsp3) is 0.471. The molecule has 1 unspecified atom stereocenters. The molecule has 6 heteroatoms. The minimum absolute atomic E-state index is 0.166. The monoisotopic (exact) mass is 338 g/mol. The van der Waals surface area contributed by atoms with E-state index in [4.69, 9.17) is 11.6 Å². The number of rotatable bonds is 7. The molecule has 0 saturated heterocycles. The number of amides is 2. The highest BCUT2D eigenvalue weighted by molar-refractivity contribution is 6.38. The van der Waals surface area contributed by atoms with Crippen LogP contribution in [-0.4, -0.2) is 35.1 Å². The average molecular weight is 339 g/mol. The Balaban J connectivity index is 2.89. The first-order valence-electron chi connectivity index (χ1n) is 7.45. The number of ketones is 1. The summed E-state index contributed by atoms with van der Waals surface area (Å²) in [6.45, 7) is 8.68. The smallest absolute Gasteiger partial charge is 0.290 e. The van der Waals surface area contributed by atoms with E-state index in [1.807, 2.05) is 6.07 Å². The Kier molecular flexibility index (Phi) is 6.33. The minimum Gasteiger partial charge on any atom is -0.340 e. The summed E-state index contributed by atoms with van der Waals surface area (Å²) in [5, 5.41) is 3.26. The van der Waals surface area contributed by atoms with Crippen LogP contribution in [0.25, 0.3) is 0 Å². The lowest BCUT2D eigenvalue weighted by molar-refractivity contribution is -0.143. The molecule has 23 heavy (non-hydrogen) atoms. The number of Topliss-reactive ketones (excluding diaryl/α,β-unsaturated/α-hetero) is 1. The molecule has 1 aromatic rings. The summed E-state index contributed by atoms with van der Waals surface area (Å²) in [4.78, 5) is 37.0. The van der Waals surface area contributed by atoms with Crippen LogP contribution >= 0.6 is 11.6 Å². The van der Waals surface area contributed by atoms with Crippen molar-refractivity contribution >= 4 is 29.7 Å². The van der Waals surface area contributed by atoms with E-state index in [2.05, 4.69) is 5.32 Å². The largest absolute Gasteiger partial charge is 0.340 e. The fourth-order valence-corrected chi connectivity index (χ4v) is 2.47. The Morgan fingerprint density at radius 3 is 2.35 bits per heavy atom. The number of carbonyl (C=O) groups excluding carboxylic acids is 3. The van der Waals surface area contributed by atoms with Crippen LogP contribution in [0.15, 0.2) is 24.3 Å². The van der Waals surface area contributed by atoms with Gasteiger partial charge in [-0.25, -0.2) is 0 Å². The predicted molar refractivity (Wildman–Crippen MR) is 90.1 cm³/mol. The second-order valence-electron chi connectivity index (χ2n) is 6.28. The van der Waals surface area contributed by atoms with Crippen LogP contribution in [0.3, 0.4) is 0 Å². The van der Waals surface area contributed by atoms with E-state index in [0.717, 1.165) is 5.56 Å². The van der Waals surface area contributed by atoms with E-state index in [1.165, 1.54) is 4.90 Å². The summed E-state index contributed by atoms with van der Waals surface area (Å²) in [7, 11) is 0. The Morgan fingerprint density at radius 1 is 1.26 bits per heavy atom. The van der Waals surface area contributed by atoms with Crippen LogP contribution in [-0.2, 0) is 19.9 Å². The Morgan fingerprint density at radius 2 is 1.87 bits per heavy atom. The van der Waals surface area contributed by atoms with Crippen molar-refractivity contribution in [1.29, 1.82) is 0 Å². The maximum absolute atomic E-state index is 12.3. The number of halogens is 1. The third-order valence-corrected chi connectivity index (χ3v) is 3.98. The van der Waals surface area contributed by atoms with E-state index in [1.54, 1.807) is 52.8 Å². The molecular formula is C17H23ClN2O3. The molecule has 0 aromatic heterocycles. The minimum atomic E-state index is -0.817. The molecule has 0 fully saturated rings.